The van der Waals surface area contributed by atoms with Crippen LogP contribution in [0.15, 0.2) is 53.6 Å². The number of carbonyl (C=O) groups excluding carboxylic acids is 2. The summed E-state index contributed by atoms with van der Waals surface area (Å²) in [6, 6.07) is 11.7. The number of benzene rings is 2. The minimum atomic E-state index is -3.99. The molecule has 0 aliphatic carbocycles. The van der Waals surface area contributed by atoms with Gasteiger partial charge in [0.05, 0.1) is 22.5 Å². The highest BCUT2D eigenvalue weighted by molar-refractivity contribution is 7.89. The molecule has 1 aromatic heterocycles. The summed E-state index contributed by atoms with van der Waals surface area (Å²) < 4.78 is 44.5. The molecule has 3 N–H and O–H groups in total. The number of thiazole rings is 1. The minimum Gasteiger partial charge on any atom is -0.447 e. The monoisotopic (exact) mass is 590 g/mol. The highest BCUT2D eigenvalue weighted by Gasteiger charge is 2.26. The molecule has 11 nitrogen and oxygen atoms in total. The molecule has 0 bridgehead atoms. The third kappa shape index (κ3) is 9.01. The number of amides is 2. The Balaban J connectivity index is 1.90. The zero-order valence-electron chi connectivity index (χ0n) is 23.2. The summed E-state index contributed by atoms with van der Waals surface area (Å²) in [4.78, 5) is 29.1. The predicted octanol–water partition coefficient (Wildman–Crippen LogP) is 5.71. The first-order valence-corrected chi connectivity index (χ1v) is 14.7. The van der Waals surface area contributed by atoms with Crippen LogP contribution >= 0.6 is 11.3 Å². The summed E-state index contributed by atoms with van der Waals surface area (Å²) in [6.45, 7) is 9.04. The summed E-state index contributed by atoms with van der Waals surface area (Å²) in [5.41, 5.74) is 1.29. The number of anilines is 2. The van der Waals surface area contributed by atoms with Crippen molar-refractivity contribution in [2.24, 2.45) is 0 Å². The fourth-order valence-electron chi connectivity index (χ4n) is 3.45. The molecule has 0 atom stereocenters. The van der Waals surface area contributed by atoms with Gasteiger partial charge in [-0.1, -0.05) is 6.07 Å². The lowest BCUT2D eigenvalue weighted by Crippen LogP contribution is -2.40. The van der Waals surface area contributed by atoms with E-state index in [-0.39, 0.29) is 29.9 Å². The number of sulfonamides is 1. The van der Waals surface area contributed by atoms with E-state index in [4.69, 9.17) is 14.2 Å². The number of methoxy groups -OCH3 is 1. The van der Waals surface area contributed by atoms with Crippen LogP contribution in [0, 0.1) is 0 Å². The number of nitrogens with zero attached hydrogens (tertiary/aromatic N) is 1. The molecular formula is C27H34N4O7S2. The third-order valence-corrected chi connectivity index (χ3v) is 7.85. The summed E-state index contributed by atoms with van der Waals surface area (Å²) in [5.74, 6) is 0. The maximum absolute atomic E-state index is 13.4. The van der Waals surface area contributed by atoms with E-state index in [9.17, 15) is 18.0 Å². The average Bonchev–Trinajstić information content (AvgIpc) is 3.33. The Labute approximate surface area is 238 Å². The Morgan fingerprint density at radius 1 is 0.975 bits per heavy atom. The van der Waals surface area contributed by atoms with Gasteiger partial charge in [-0.25, -0.2) is 27.7 Å². The van der Waals surface area contributed by atoms with Crippen molar-refractivity contribution in [1.29, 1.82) is 0 Å². The molecule has 40 heavy (non-hydrogen) atoms. The molecule has 0 aliphatic rings. The van der Waals surface area contributed by atoms with Crippen LogP contribution in [0.5, 0.6) is 0 Å². The van der Waals surface area contributed by atoms with E-state index >= 15 is 0 Å². The summed E-state index contributed by atoms with van der Waals surface area (Å²) in [5, 5.41) is 5.87. The summed E-state index contributed by atoms with van der Waals surface area (Å²) in [6.07, 6.45) is 0.0920. The fraction of sp³-hybridized carbons (Fsp3) is 0.370. The van der Waals surface area contributed by atoms with Crippen LogP contribution in [0.25, 0.3) is 21.0 Å². The van der Waals surface area contributed by atoms with Crippen LogP contribution < -0.4 is 15.4 Å². The van der Waals surface area contributed by atoms with E-state index in [1.54, 1.807) is 77.2 Å². The van der Waals surface area contributed by atoms with Crippen molar-refractivity contribution >= 4 is 44.9 Å². The molecule has 0 saturated heterocycles. The number of hydrogen-bond acceptors (Lipinski definition) is 9. The van der Waals surface area contributed by atoms with Gasteiger partial charge in [0.25, 0.3) is 0 Å². The fourth-order valence-corrected chi connectivity index (χ4v) is 6.14. The van der Waals surface area contributed by atoms with Gasteiger partial charge in [0.15, 0.2) is 0 Å². The van der Waals surface area contributed by atoms with Crippen LogP contribution in [-0.2, 0) is 24.2 Å². The SMILES string of the molecule is COCCOC(=O)Nc1ccc(-c2cnc(-c3ccc(NC(=O)OC(C)C)cc3)s2)c(S(=O)(=O)NC(C)(C)C)c1. The van der Waals surface area contributed by atoms with Gasteiger partial charge < -0.3 is 14.2 Å². The molecule has 0 radical (unpaired) electrons. The molecule has 3 rings (SSSR count). The first-order chi connectivity index (χ1) is 18.8. The van der Waals surface area contributed by atoms with Gasteiger partial charge in [0, 0.05) is 41.3 Å². The highest BCUT2D eigenvalue weighted by atomic mass is 32.2. The number of hydrogen-bond donors (Lipinski definition) is 3. The second-order valence-electron chi connectivity index (χ2n) is 10.0. The number of ether oxygens (including phenoxy) is 3. The lowest BCUT2D eigenvalue weighted by molar-refractivity contribution is 0.107. The topological polar surface area (TPSA) is 145 Å². The first-order valence-electron chi connectivity index (χ1n) is 12.4. The van der Waals surface area contributed by atoms with E-state index in [0.717, 1.165) is 5.56 Å². The molecule has 0 spiro atoms. The standard InChI is InChI=1S/C27H34N4O7S2/c1-17(2)38-26(33)29-19-9-7-18(8-10-19)24-28-16-22(39-24)21-12-11-20(30-25(32)37-14-13-36-6)15-23(21)40(34,35)31-27(3,4)5/h7-12,15-17,31H,13-14H2,1-6H3,(H,29,33)(H,30,32). The Hall–Kier alpha value is -3.52. The smallest absolute Gasteiger partial charge is 0.411 e. The maximum Gasteiger partial charge on any atom is 0.411 e. The zero-order valence-corrected chi connectivity index (χ0v) is 24.9. The Kier molecular flexibility index (Phi) is 10.3. The van der Waals surface area contributed by atoms with Crippen molar-refractivity contribution in [2.45, 2.75) is 51.2 Å². The van der Waals surface area contributed by atoms with Gasteiger partial charge in [-0.15, -0.1) is 11.3 Å². The van der Waals surface area contributed by atoms with Crippen molar-refractivity contribution in [3.05, 3.63) is 48.7 Å². The molecule has 2 aromatic carbocycles. The second-order valence-corrected chi connectivity index (χ2v) is 12.7. The van der Waals surface area contributed by atoms with E-state index in [0.29, 0.717) is 21.1 Å². The van der Waals surface area contributed by atoms with Gasteiger partial charge >= 0.3 is 12.2 Å². The molecule has 0 fully saturated rings. The van der Waals surface area contributed by atoms with Crippen molar-refractivity contribution in [1.82, 2.24) is 9.71 Å². The van der Waals surface area contributed by atoms with E-state index < -0.39 is 27.7 Å². The normalized spacial score (nSPS) is 11.8. The average molecular weight is 591 g/mol. The molecule has 216 valence electrons. The Morgan fingerprint density at radius 3 is 2.25 bits per heavy atom. The van der Waals surface area contributed by atoms with Crippen LogP contribution in [0.3, 0.4) is 0 Å². The first kappa shape index (κ1) is 31.0. The van der Waals surface area contributed by atoms with Crippen LogP contribution in [-0.4, -0.2) is 57.6 Å². The van der Waals surface area contributed by atoms with Crippen LogP contribution in [0.1, 0.15) is 34.6 Å². The summed E-state index contributed by atoms with van der Waals surface area (Å²) in [7, 11) is -2.50. The molecule has 13 heteroatoms. The predicted molar refractivity (Wildman–Crippen MR) is 155 cm³/mol. The zero-order chi connectivity index (χ0) is 29.5. The van der Waals surface area contributed by atoms with E-state index in [1.807, 2.05) is 0 Å². The molecule has 2 amide bonds. The lowest BCUT2D eigenvalue weighted by atomic mass is 10.1. The lowest BCUT2D eigenvalue weighted by Gasteiger charge is -2.22. The van der Waals surface area contributed by atoms with E-state index in [2.05, 4.69) is 20.3 Å². The van der Waals surface area contributed by atoms with Crippen molar-refractivity contribution in [3.8, 4) is 21.0 Å². The Morgan fingerprint density at radius 2 is 1.62 bits per heavy atom. The van der Waals surface area contributed by atoms with Crippen molar-refractivity contribution < 1.29 is 32.2 Å². The quantitative estimate of drug-likeness (QED) is 0.255. The minimum absolute atomic E-state index is 0.0180. The van der Waals surface area contributed by atoms with Crippen molar-refractivity contribution in [3.63, 3.8) is 0 Å². The van der Waals surface area contributed by atoms with Gasteiger partial charge in [0.2, 0.25) is 10.0 Å². The second kappa shape index (κ2) is 13.2. The molecule has 0 saturated carbocycles. The summed E-state index contributed by atoms with van der Waals surface area (Å²) >= 11 is 1.31. The Bertz CT molecular complexity index is 1430. The maximum atomic E-state index is 13.4. The molecular weight excluding hydrogens is 556 g/mol. The number of nitrogens with one attached hydrogen (secondary N) is 3. The van der Waals surface area contributed by atoms with E-state index in [1.165, 1.54) is 24.5 Å². The number of rotatable bonds is 10. The molecule has 3 aromatic rings. The van der Waals surface area contributed by atoms with Gasteiger partial charge in [-0.05, 0) is 71.0 Å². The van der Waals surface area contributed by atoms with Crippen LogP contribution in [0.2, 0.25) is 0 Å². The highest BCUT2D eigenvalue weighted by Crippen LogP contribution is 2.37. The number of aromatic nitrogens is 1. The largest absolute Gasteiger partial charge is 0.447 e. The third-order valence-electron chi connectivity index (χ3n) is 4.97. The van der Waals surface area contributed by atoms with Crippen molar-refractivity contribution in [2.75, 3.05) is 31.0 Å². The van der Waals surface area contributed by atoms with Gasteiger partial charge in [0.1, 0.15) is 11.6 Å². The molecule has 0 unspecified atom stereocenters. The molecule has 0 aliphatic heterocycles. The van der Waals surface area contributed by atoms with Crippen LogP contribution in [0.4, 0.5) is 21.0 Å². The van der Waals surface area contributed by atoms with Gasteiger partial charge in [-0.2, -0.15) is 0 Å². The van der Waals surface area contributed by atoms with Gasteiger partial charge in [-0.3, -0.25) is 10.6 Å². The molecule has 1 heterocycles. The number of carbonyl (C=O) groups is 2.